The van der Waals surface area contributed by atoms with E-state index in [1.165, 1.54) is 36.0 Å². The smallest absolute Gasteiger partial charge is 0.350 e. The van der Waals surface area contributed by atoms with Crippen LogP contribution in [0.2, 0.25) is 0 Å². The van der Waals surface area contributed by atoms with E-state index in [0.29, 0.717) is 15.4 Å². The molecule has 19 heavy (non-hydrogen) atoms. The summed E-state index contributed by atoms with van der Waals surface area (Å²) in [4.78, 5) is 28.6. The molecule has 0 saturated carbocycles. The normalized spacial score (nSPS) is 10.3. The lowest BCUT2D eigenvalue weighted by Crippen LogP contribution is -2.13. The van der Waals surface area contributed by atoms with Gasteiger partial charge in [0.15, 0.2) is 0 Å². The first kappa shape index (κ1) is 13.7. The molecule has 2 aromatic rings. The third kappa shape index (κ3) is 2.82. The van der Waals surface area contributed by atoms with E-state index in [0.717, 1.165) is 10.6 Å². The number of rotatable bonds is 3. The number of amides is 1. The van der Waals surface area contributed by atoms with Gasteiger partial charge in [0.05, 0.1) is 24.0 Å². The number of hydrogen-bond donors (Lipinski definition) is 1. The van der Waals surface area contributed by atoms with E-state index in [9.17, 15) is 9.59 Å². The van der Waals surface area contributed by atoms with Gasteiger partial charge in [-0.15, -0.1) is 22.7 Å². The Labute approximate surface area is 118 Å². The maximum atomic E-state index is 12.1. The van der Waals surface area contributed by atoms with Crippen LogP contribution in [0.15, 0.2) is 11.6 Å². The number of aromatic nitrogens is 1. The number of methoxy groups -OCH3 is 1. The Bertz CT molecular complexity index is 631. The maximum Gasteiger partial charge on any atom is 0.350 e. The van der Waals surface area contributed by atoms with Gasteiger partial charge in [-0.3, -0.25) is 4.79 Å². The van der Waals surface area contributed by atoms with Gasteiger partial charge in [-0.25, -0.2) is 9.78 Å². The number of carbonyl (C=O) groups is 2. The first-order valence-electron chi connectivity index (χ1n) is 5.43. The third-order valence-corrected chi connectivity index (χ3v) is 4.42. The molecule has 1 N–H and O–H groups in total. The van der Waals surface area contributed by atoms with Crippen molar-refractivity contribution in [3.63, 3.8) is 0 Å². The zero-order chi connectivity index (χ0) is 14.0. The van der Waals surface area contributed by atoms with E-state index in [1.807, 2.05) is 13.8 Å². The number of thiophene rings is 1. The Hall–Kier alpha value is -1.73. The van der Waals surface area contributed by atoms with Gasteiger partial charge in [0.2, 0.25) is 0 Å². The molecule has 5 nitrogen and oxygen atoms in total. The molecule has 0 bridgehead atoms. The molecule has 2 aromatic heterocycles. The highest BCUT2D eigenvalue weighted by Crippen LogP contribution is 2.29. The van der Waals surface area contributed by atoms with Crippen molar-refractivity contribution in [2.45, 2.75) is 13.8 Å². The number of thiazole rings is 1. The highest BCUT2D eigenvalue weighted by Gasteiger charge is 2.19. The molecular formula is C12H12N2O3S2. The molecule has 0 aromatic carbocycles. The summed E-state index contributed by atoms with van der Waals surface area (Å²) in [6, 6.07) is 0. The topological polar surface area (TPSA) is 68.3 Å². The zero-order valence-corrected chi connectivity index (χ0v) is 12.3. The number of carbonyl (C=O) groups excluding carboxylic acids is 2. The average Bonchev–Trinajstić information content (AvgIpc) is 2.96. The minimum atomic E-state index is -0.450. The van der Waals surface area contributed by atoms with Crippen LogP contribution in [0.3, 0.4) is 0 Å². The summed E-state index contributed by atoms with van der Waals surface area (Å²) in [5.41, 5.74) is 1.34. The van der Waals surface area contributed by atoms with Crippen LogP contribution in [-0.2, 0) is 4.74 Å². The van der Waals surface area contributed by atoms with Gasteiger partial charge < -0.3 is 10.1 Å². The lowest BCUT2D eigenvalue weighted by Gasteiger charge is -2.05. The van der Waals surface area contributed by atoms with Crippen LogP contribution in [0.1, 0.15) is 29.9 Å². The molecule has 0 atom stereocenters. The van der Waals surface area contributed by atoms with Crippen molar-refractivity contribution < 1.29 is 14.3 Å². The quantitative estimate of drug-likeness (QED) is 0.884. The van der Waals surface area contributed by atoms with Crippen molar-refractivity contribution >= 4 is 40.2 Å². The fourth-order valence-electron chi connectivity index (χ4n) is 1.48. The minimum Gasteiger partial charge on any atom is -0.465 e. The van der Waals surface area contributed by atoms with Crippen molar-refractivity contribution in [1.82, 2.24) is 4.98 Å². The molecule has 0 aliphatic heterocycles. The van der Waals surface area contributed by atoms with Gasteiger partial charge in [0, 0.05) is 0 Å². The largest absolute Gasteiger partial charge is 0.465 e. The Morgan fingerprint density at radius 2 is 2.11 bits per heavy atom. The summed E-state index contributed by atoms with van der Waals surface area (Å²) in [5, 5.41) is 5.37. The third-order valence-electron chi connectivity index (χ3n) is 2.43. The summed E-state index contributed by atoms with van der Waals surface area (Å²) in [5.74, 6) is -0.717. The van der Waals surface area contributed by atoms with Crippen molar-refractivity contribution in [3.8, 4) is 0 Å². The highest BCUT2D eigenvalue weighted by atomic mass is 32.1. The van der Waals surface area contributed by atoms with Crippen molar-refractivity contribution in [3.05, 3.63) is 31.9 Å². The average molecular weight is 296 g/mol. The van der Waals surface area contributed by atoms with Crippen LogP contribution in [0, 0.1) is 13.8 Å². The SMILES string of the molecule is COC(=O)c1scc(C)c1NC(=O)c1cnc(C)s1. The van der Waals surface area contributed by atoms with Crippen LogP contribution in [-0.4, -0.2) is 24.0 Å². The molecule has 100 valence electrons. The van der Waals surface area contributed by atoms with Crippen LogP contribution in [0.4, 0.5) is 5.69 Å². The number of hydrogen-bond acceptors (Lipinski definition) is 6. The van der Waals surface area contributed by atoms with Crippen molar-refractivity contribution in [2.75, 3.05) is 12.4 Å². The Morgan fingerprint density at radius 3 is 2.68 bits per heavy atom. The maximum absolute atomic E-state index is 12.1. The molecule has 7 heteroatoms. The van der Waals surface area contributed by atoms with Gasteiger partial charge in [-0.2, -0.15) is 0 Å². The molecule has 0 saturated heterocycles. The molecule has 0 unspecified atom stereocenters. The standard InChI is InChI=1S/C12H12N2O3S2/c1-6-5-18-10(12(16)17-3)9(6)14-11(15)8-4-13-7(2)19-8/h4-5H,1-3H3,(H,14,15). The Kier molecular flexibility index (Phi) is 3.96. The molecule has 0 aliphatic rings. The summed E-state index contributed by atoms with van der Waals surface area (Å²) < 4.78 is 4.69. The predicted octanol–water partition coefficient (Wildman–Crippen LogP) is 2.86. The number of aryl methyl sites for hydroxylation is 2. The first-order valence-corrected chi connectivity index (χ1v) is 7.12. The highest BCUT2D eigenvalue weighted by molar-refractivity contribution is 7.14. The molecule has 1 amide bonds. The predicted molar refractivity (Wildman–Crippen MR) is 75.2 cm³/mol. The second kappa shape index (κ2) is 5.50. The van der Waals surface area contributed by atoms with E-state index >= 15 is 0 Å². The monoisotopic (exact) mass is 296 g/mol. The van der Waals surface area contributed by atoms with Crippen molar-refractivity contribution in [2.24, 2.45) is 0 Å². The van der Waals surface area contributed by atoms with Gasteiger partial charge in [-0.1, -0.05) is 0 Å². The van der Waals surface area contributed by atoms with Gasteiger partial charge in [0.25, 0.3) is 5.91 Å². The van der Waals surface area contributed by atoms with E-state index < -0.39 is 5.97 Å². The summed E-state index contributed by atoms with van der Waals surface area (Å²) in [7, 11) is 1.32. The molecule has 2 heterocycles. The fourth-order valence-corrected chi connectivity index (χ4v) is 3.08. The lowest BCUT2D eigenvalue weighted by molar-refractivity contribution is 0.0607. The zero-order valence-electron chi connectivity index (χ0n) is 10.6. The molecule has 0 spiro atoms. The van der Waals surface area contributed by atoms with E-state index in [-0.39, 0.29) is 5.91 Å². The van der Waals surface area contributed by atoms with E-state index in [1.54, 1.807) is 5.38 Å². The number of nitrogens with zero attached hydrogens (tertiary/aromatic N) is 1. The van der Waals surface area contributed by atoms with Crippen LogP contribution >= 0.6 is 22.7 Å². The Balaban J connectivity index is 2.26. The molecule has 2 rings (SSSR count). The number of ether oxygens (including phenoxy) is 1. The molecule has 0 aliphatic carbocycles. The van der Waals surface area contributed by atoms with Gasteiger partial charge in [-0.05, 0) is 24.8 Å². The second-order valence-corrected chi connectivity index (χ2v) is 5.93. The minimum absolute atomic E-state index is 0.266. The van der Waals surface area contributed by atoms with Crippen LogP contribution in [0.5, 0.6) is 0 Å². The molecule has 0 radical (unpaired) electrons. The van der Waals surface area contributed by atoms with Gasteiger partial charge in [0.1, 0.15) is 9.75 Å². The van der Waals surface area contributed by atoms with Crippen LogP contribution < -0.4 is 5.32 Å². The second-order valence-electron chi connectivity index (χ2n) is 3.81. The fraction of sp³-hybridized carbons (Fsp3) is 0.250. The summed E-state index contributed by atoms with van der Waals surface area (Å²) in [6.07, 6.45) is 1.52. The first-order chi connectivity index (χ1) is 9.02. The Morgan fingerprint density at radius 1 is 1.37 bits per heavy atom. The van der Waals surface area contributed by atoms with Crippen molar-refractivity contribution in [1.29, 1.82) is 0 Å². The number of anilines is 1. The van der Waals surface area contributed by atoms with E-state index in [4.69, 9.17) is 4.74 Å². The van der Waals surface area contributed by atoms with Gasteiger partial charge >= 0.3 is 5.97 Å². The molecule has 0 fully saturated rings. The van der Waals surface area contributed by atoms with E-state index in [2.05, 4.69) is 10.3 Å². The lowest BCUT2D eigenvalue weighted by atomic mass is 10.2. The van der Waals surface area contributed by atoms with Crippen LogP contribution in [0.25, 0.3) is 0 Å². The molecular weight excluding hydrogens is 284 g/mol. The summed E-state index contributed by atoms with van der Waals surface area (Å²) >= 11 is 2.56. The summed E-state index contributed by atoms with van der Waals surface area (Å²) in [6.45, 7) is 3.66. The number of esters is 1. The number of nitrogens with one attached hydrogen (secondary N) is 1.